The van der Waals surface area contributed by atoms with Gasteiger partial charge in [0, 0.05) is 10.5 Å². The van der Waals surface area contributed by atoms with Gasteiger partial charge in [0.05, 0.1) is 0 Å². The second kappa shape index (κ2) is 9.89. The van der Waals surface area contributed by atoms with Crippen molar-refractivity contribution in [2.75, 3.05) is 5.75 Å². The molecular weight excluding hydrogens is 220 g/mol. The van der Waals surface area contributed by atoms with E-state index >= 15 is 0 Å². The summed E-state index contributed by atoms with van der Waals surface area (Å²) < 4.78 is 0.465. The lowest BCUT2D eigenvalue weighted by atomic mass is 10.1. The SMILES string of the molecule is CCCCCCCCSSC(C)(C)CC. The third-order valence-corrected chi connectivity index (χ3v) is 6.24. The molecule has 15 heavy (non-hydrogen) atoms. The van der Waals surface area contributed by atoms with Gasteiger partial charge in [0.15, 0.2) is 0 Å². The Labute approximate surface area is 105 Å². The predicted octanol–water partition coefficient (Wildman–Crippen LogP) is 5.92. The molecule has 0 aliphatic carbocycles. The van der Waals surface area contributed by atoms with Gasteiger partial charge in [0.2, 0.25) is 0 Å². The van der Waals surface area contributed by atoms with Crippen LogP contribution < -0.4 is 0 Å². The highest BCUT2D eigenvalue weighted by Crippen LogP contribution is 2.38. The molecule has 0 unspecified atom stereocenters. The van der Waals surface area contributed by atoms with Gasteiger partial charge in [-0.05, 0) is 26.7 Å². The summed E-state index contributed by atoms with van der Waals surface area (Å²) in [5.41, 5.74) is 0. The summed E-state index contributed by atoms with van der Waals surface area (Å²) in [6, 6.07) is 0. The van der Waals surface area contributed by atoms with E-state index in [2.05, 4.69) is 49.3 Å². The fourth-order valence-corrected chi connectivity index (χ4v) is 3.96. The summed E-state index contributed by atoms with van der Waals surface area (Å²) in [5.74, 6) is 1.33. The van der Waals surface area contributed by atoms with Crippen LogP contribution in [0.5, 0.6) is 0 Å². The molecule has 0 N–H and O–H groups in total. The van der Waals surface area contributed by atoms with Crippen LogP contribution in [-0.2, 0) is 0 Å². The lowest BCUT2D eigenvalue weighted by molar-refractivity contribution is 0.627. The largest absolute Gasteiger partial charge is 0.0936 e. The minimum absolute atomic E-state index is 0.465. The number of unbranched alkanes of at least 4 members (excludes halogenated alkanes) is 5. The van der Waals surface area contributed by atoms with Crippen LogP contribution in [0.15, 0.2) is 0 Å². The molecule has 0 atom stereocenters. The van der Waals surface area contributed by atoms with Gasteiger partial charge < -0.3 is 0 Å². The molecule has 0 aliphatic rings. The minimum atomic E-state index is 0.465. The molecule has 0 aromatic rings. The van der Waals surface area contributed by atoms with Crippen molar-refractivity contribution in [2.45, 2.75) is 77.4 Å². The molecule has 0 fully saturated rings. The van der Waals surface area contributed by atoms with Gasteiger partial charge in [-0.1, -0.05) is 67.5 Å². The Morgan fingerprint density at radius 1 is 0.867 bits per heavy atom. The maximum atomic E-state index is 2.34. The van der Waals surface area contributed by atoms with Crippen LogP contribution in [0.1, 0.15) is 72.6 Å². The van der Waals surface area contributed by atoms with Crippen molar-refractivity contribution < 1.29 is 0 Å². The summed E-state index contributed by atoms with van der Waals surface area (Å²) in [7, 11) is 4.13. The van der Waals surface area contributed by atoms with E-state index in [1.165, 1.54) is 50.7 Å². The predicted molar refractivity (Wildman–Crippen MR) is 77.8 cm³/mol. The van der Waals surface area contributed by atoms with Crippen molar-refractivity contribution in [3.05, 3.63) is 0 Å². The molecule has 0 amide bonds. The molecule has 0 rings (SSSR count). The Morgan fingerprint density at radius 2 is 1.47 bits per heavy atom. The first-order valence-electron chi connectivity index (χ1n) is 6.43. The van der Waals surface area contributed by atoms with E-state index in [1.54, 1.807) is 0 Å². The monoisotopic (exact) mass is 248 g/mol. The number of rotatable bonds is 10. The van der Waals surface area contributed by atoms with Crippen LogP contribution in [0.3, 0.4) is 0 Å². The molecular formula is C13H28S2. The second-order valence-electron chi connectivity index (χ2n) is 4.79. The van der Waals surface area contributed by atoms with Crippen molar-refractivity contribution in [3.8, 4) is 0 Å². The summed E-state index contributed by atoms with van der Waals surface area (Å²) in [5, 5.41) is 0. The van der Waals surface area contributed by atoms with Crippen LogP contribution in [-0.4, -0.2) is 10.5 Å². The van der Waals surface area contributed by atoms with E-state index in [0.29, 0.717) is 4.75 Å². The van der Waals surface area contributed by atoms with Crippen LogP contribution in [0.25, 0.3) is 0 Å². The highest BCUT2D eigenvalue weighted by Gasteiger charge is 2.15. The Morgan fingerprint density at radius 3 is 2.07 bits per heavy atom. The summed E-state index contributed by atoms with van der Waals surface area (Å²) in [4.78, 5) is 0. The van der Waals surface area contributed by atoms with Gasteiger partial charge in [-0.25, -0.2) is 0 Å². The van der Waals surface area contributed by atoms with Gasteiger partial charge >= 0.3 is 0 Å². The molecule has 0 bridgehead atoms. The Bertz CT molecular complexity index is 132. The molecule has 0 radical (unpaired) electrons. The molecule has 0 saturated carbocycles. The number of hydrogen-bond acceptors (Lipinski definition) is 2. The van der Waals surface area contributed by atoms with Crippen molar-refractivity contribution in [3.63, 3.8) is 0 Å². The van der Waals surface area contributed by atoms with Crippen LogP contribution in [0.2, 0.25) is 0 Å². The van der Waals surface area contributed by atoms with Crippen LogP contribution in [0, 0.1) is 0 Å². The highest BCUT2D eigenvalue weighted by molar-refractivity contribution is 8.77. The van der Waals surface area contributed by atoms with E-state index < -0.39 is 0 Å². The number of hydrogen-bond donors (Lipinski definition) is 0. The second-order valence-corrected chi connectivity index (χ2v) is 7.91. The molecule has 0 aliphatic heterocycles. The molecule has 0 spiro atoms. The zero-order chi connectivity index (χ0) is 11.6. The molecule has 0 aromatic heterocycles. The average Bonchev–Trinajstić information content (AvgIpc) is 2.22. The van der Waals surface area contributed by atoms with Gasteiger partial charge in [-0.3, -0.25) is 0 Å². The van der Waals surface area contributed by atoms with E-state index in [4.69, 9.17) is 0 Å². The summed E-state index contributed by atoms with van der Waals surface area (Å²) in [6.45, 7) is 9.23. The zero-order valence-corrected chi connectivity index (χ0v) is 12.6. The lowest BCUT2D eigenvalue weighted by Crippen LogP contribution is -2.10. The standard InChI is InChI=1S/C13H28S2/c1-5-7-8-9-10-11-12-14-15-13(3,4)6-2/h5-12H2,1-4H3. The maximum absolute atomic E-state index is 2.34. The van der Waals surface area contributed by atoms with Crippen LogP contribution in [0.4, 0.5) is 0 Å². The fraction of sp³-hybridized carbons (Fsp3) is 1.00. The fourth-order valence-electron chi connectivity index (χ4n) is 1.20. The average molecular weight is 249 g/mol. The molecule has 0 aromatic carbocycles. The van der Waals surface area contributed by atoms with Crippen molar-refractivity contribution in [1.29, 1.82) is 0 Å². The van der Waals surface area contributed by atoms with Crippen molar-refractivity contribution >= 4 is 21.6 Å². The Kier molecular flexibility index (Phi) is 10.4. The maximum Gasteiger partial charge on any atom is 0.0204 e. The molecule has 2 heteroatoms. The van der Waals surface area contributed by atoms with E-state index in [0.717, 1.165) is 0 Å². The quantitative estimate of drug-likeness (QED) is 0.348. The third-order valence-electron chi connectivity index (χ3n) is 2.72. The lowest BCUT2D eigenvalue weighted by Gasteiger charge is -2.20. The smallest absolute Gasteiger partial charge is 0.0204 e. The highest BCUT2D eigenvalue weighted by atomic mass is 33.1. The Balaban J connectivity index is 3.11. The van der Waals surface area contributed by atoms with E-state index in [9.17, 15) is 0 Å². The van der Waals surface area contributed by atoms with Crippen LogP contribution >= 0.6 is 21.6 Å². The van der Waals surface area contributed by atoms with Gasteiger partial charge in [0.1, 0.15) is 0 Å². The first-order valence-corrected chi connectivity index (χ1v) is 8.75. The summed E-state index contributed by atoms with van der Waals surface area (Å²) in [6.07, 6.45) is 9.76. The molecule has 0 saturated heterocycles. The van der Waals surface area contributed by atoms with E-state index in [1.807, 2.05) is 0 Å². The van der Waals surface area contributed by atoms with Gasteiger partial charge in [-0.15, -0.1) is 0 Å². The first-order chi connectivity index (χ1) is 7.12. The molecule has 92 valence electrons. The minimum Gasteiger partial charge on any atom is -0.0936 e. The topological polar surface area (TPSA) is 0 Å². The van der Waals surface area contributed by atoms with E-state index in [-0.39, 0.29) is 0 Å². The zero-order valence-electron chi connectivity index (χ0n) is 11.0. The Hall–Kier alpha value is 0.700. The summed E-state index contributed by atoms with van der Waals surface area (Å²) >= 11 is 0. The molecule has 0 nitrogen and oxygen atoms in total. The van der Waals surface area contributed by atoms with Crippen molar-refractivity contribution in [1.82, 2.24) is 0 Å². The van der Waals surface area contributed by atoms with Gasteiger partial charge in [-0.2, -0.15) is 0 Å². The molecule has 0 heterocycles. The first kappa shape index (κ1) is 15.7. The van der Waals surface area contributed by atoms with Gasteiger partial charge in [0.25, 0.3) is 0 Å². The van der Waals surface area contributed by atoms with Crippen molar-refractivity contribution in [2.24, 2.45) is 0 Å². The normalized spacial score (nSPS) is 12.0. The third kappa shape index (κ3) is 11.0.